The summed E-state index contributed by atoms with van der Waals surface area (Å²) in [5.41, 5.74) is 1.88. The van der Waals surface area contributed by atoms with E-state index in [0.717, 1.165) is 43.6 Å². The Kier molecular flexibility index (Phi) is 12.6. The number of nitrogens with one attached hydrogen (secondary N) is 2. The topological polar surface area (TPSA) is 104 Å². The second-order valence-corrected chi connectivity index (χ2v) is 11.1. The van der Waals surface area contributed by atoms with Crippen molar-refractivity contribution in [2.24, 2.45) is 0 Å². The molecule has 1 atom stereocenters. The summed E-state index contributed by atoms with van der Waals surface area (Å²) in [5, 5.41) is 5.68. The van der Waals surface area contributed by atoms with Crippen molar-refractivity contribution >= 4 is 42.5 Å². The van der Waals surface area contributed by atoms with Gasteiger partial charge in [0.25, 0.3) is 5.91 Å². The number of likely N-dealkylation sites (tertiary alicyclic amines) is 1. The number of halogens is 2. The van der Waals surface area contributed by atoms with Crippen LogP contribution < -0.4 is 15.4 Å². The van der Waals surface area contributed by atoms with Gasteiger partial charge in [0.15, 0.2) is 0 Å². The number of carbonyl (C=O) groups is 3. The second kappa shape index (κ2) is 15.9. The molecule has 236 valence electrons. The quantitative estimate of drug-likeness (QED) is 0.330. The fourth-order valence-electron chi connectivity index (χ4n) is 5.86. The van der Waals surface area contributed by atoms with E-state index in [0.29, 0.717) is 42.9 Å². The van der Waals surface area contributed by atoms with Crippen molar-refractivity contribution < 1.29 is 19.1 Å². The molecule has 2 fully saturated rings. The van der Waals surface area contributed by atoms with Gasteiger partial charge in [0.2, 0.25) is 11.8 Å². The maximum Gasteiger partial charge on any atom is 0.251 e. The Labute approximate surface area is 271 Å². The normalized spacial score (nSPS) is 17.7. The number of carbonyl (C=O) groups excluding carboxylic acids is 3. The first-order valence-corrected chi connectivity index (χ1v) is 14.7. The summed E-state index contributed by atoms with van der Waals surface area (Å²) in [6, 6.07) is 18.2. The van der Waals surface area contributed by atoms with Crippen molar-refractivity contribution in [2.45, 2.75) is 57.2 Å². The summed E-state index contributed by atoms with van der Waals surface area (Å²) in [6.07, 6.45) is 6.97. The van der Waals surface area contributed by atoms with Crippen LogP contribution in [-0.4, -0.2) is 70.8 Å². The van der Waals surface area contributed by atoms with Crippen LogP contribution in [0.3, 0.4) is 0 Å². The number of amides is 3. The van der Waals surface area contributed by atoms with Crippen molar-refractivity contribution in [2.75, 3.05) is 26.7 Å². The molecule has 0 radical (unpaired) electrons. The highest BCUT2D eigenvalue weighted by molar-refractivity contribution is 6.00. The van der Waals surface area contributed by atoms with Gasteiger partial charge in [-0.2, -0.15) is 0 Å². The van der Waals surface area contributed by atoms with Gasteiger partial charge in [-0.05, 0) is 72.9 Å². The number of benzene rings is 2. The lowest BCUT2D eigenvalue weighted by molar-refractivity contribution is -0.161. The second-order valence-electron chi connectivity index (χ2n) is 11.1. The molecule has 2 aromatic carbocycles. The molecule has 2 saturated heterocycles. The van der Waals surface area contributed by atoms with Gasteiger partial charge in [0.05, 0.1) is 0 Å². The zero-order valence-electron chi connectivity index (χ0n) is 25.2. The molecule has 2 aliphatic rings. The Morgan fingerprint density at radius 2 is 1.66 bits per heavy atom. The summed E-state index contributed by atoms with van der Waals surface area (Å²) >= 11 is 0. The first-order chi connectivity index (χ1) is 20.4. The number of aromatic nitrogens is 1. The van der Waals surface area contributed by atoms with Gasteiger partial charge < -0.3 is 20.3 Å². The lowest BCUT2D eigenvalue weighted by atomic mass is 9.81. The van der Waals surface area contributed by atoms with Gasteiger partial charge in [-0.15, -0.1) is 24.8 Å². The van der Waals surface area contributed by atoms with Gasteiger partial charge in [-0.1, -0.05) is 31.5 Å². The molecule has 3 amide bonds. The first-order valence-electron chi connectivity index (χ1n) is 14.7. The van der Waals surface area contributed by atoms with E-state index < -0.39 is 11.6 Å². The van der Waals surface area contributed by atoms with Gasteiger partial charge in [0.1, 0.15) is 23.1 Å². The smallest absolute Gasteiger partial charge is 0.251 e. The molecule has 0 bridgehead atoms. The molecule has 1 aromatic heterocycles. The molecule has 0 saturated carbocycles. The monoisotopic (exact) mass is 641 g/mol. The van der Waals surface area contributed by atoms with E-state index in [9.17, 15) is 14.4 Å². The summed E-state index contributed by atoms with van der Waals surface area (Å²) in [7, 11) is 1.60. The largest absolute Gasteiger partial charge is 0.457 e. The van der Waals surface area contributed by atoms with Crippen LogP contribution in [0.2, 0.25) is 0 Å². The van der Waals surface area contributed by atoms with E-state index in [2.05, 4.69) is 27.4 Å². The van der Waals surface area contributed by atoms with Crippen LogP contribution in [0.25, 0.3) is 0 Å². The van der Waals surface area contributed by atoms with E-state index in [4.69, 9.17) is 4.74 Å². The molecule has 3 heterocycles. The Morgan fingerprint density at radius 1 is 1.00 bits per heavy atom. The lowest BCUT2D eigenvalue weighted by Crippen LogP contribution is -2.73. The molecule has 9 nitrogen and oxygen atoms in total. The fraction of sp³-hybridized carbons (Fsp3) is 0.394. The number of hydrogen-bond acceptors (Lipinski definition) is 6. The molecule has 44 heavy (non-hydrogen) atoms. The highest BCUT2D eigenvalue weighted by Crippen LogP contribution is 2.34. The third-order valence-corrected chi connectivity index (χ3v) is 8.30. The number of rotatable bonds is 10. The average Bonchev–Trinajstić information content (AvgIpc) is 3.02. The Balaban J connectivity index is 0.00000264. The summed E-state index contributed by atoms with van der Waals surface area (Å²) in [6.45, 7) is 4.92. The maximum absolute atomic E-state index is 13.7. The molecule has 11 heteroatoms. The van der Waals surface area contributed by atoms with Crippen LogP contribution in [0.1, 0.15) is 54.1 Å². The maximum atomic E-state index is 13.7. The average molecular weight is 643 g/mol. The van der Waals surface area contributed by atoms with Gasteiger partial charge in [-0.3, -0.25) is 24.3 Å². The minimum atomic E-state index is -0.792. The molecule has 5 rings (SSSR count). The third kappa shape index (κ3) is 7.88. The number of pyridine rings is 1. The van der Waals surface area contributed by atoms with Crippen LogP contribution in [0.5, 0.6) is 11.5 Å². The van der Waals surface area contributed by atoms with Gasteiger partial charge >= 0.3 is 0 Å². The summed E-state index contributed by atoms with van der Waals surface area (Å²) in [5.74, 6) is 1.22. The van der Waals surface area contributed by atoms with E-state index in [1.165, 1.54) is 0 Å². The molecular formula is C33H41Cl2N5O4. The molecular weight excluding hydrogens is 601 g/mol. The molecule has 2 N–H and O–H groups in total. The molecule has 3 aromatic rings. The highest BCUT2D eigenvalue weighted by atomic mass is 35.5. The van der Waals surface area contributed by atoms with Crippen LogP contribution in [-0.2, 0) is 22.6 Å². The number of nitrogens with zero attached hydrogens (tertiary/aromatic N) is 3. The lowest BCUT2D eigenvalue weighted by Gasteiger charge is -2.51. The number of ether oxygens (including phenoxy) is 1. The Hall–Kier alpha value is -3.66. The third-order valence-electron chi connectivity index (χ3n) is 8.30. The van der Waals surface area contributed by atoms with Gasteiger partial charge in [0, 0.05) is 57.6 Å². The van der Waals surface area contributed by atoms with Crippen LogP contribution >= 0.6 is 24.8 Å². The molecule has 0 unspecified atom stereocenters. The Morgan fingerprint density at radius 3 is 2.25 bits per heavy atom. The fourth-order valence-corrected chi connectivity index (χ4v) is 5.86. The Bertz CT molecular complexity index is 1380. The summed E-state index contributed by atoms with van der Waals surface area (Å²) in [4.78, 5) is 47.5. The number of unbranched alkanes of at least 4 members (excludes halogenated alkanes) is 1. The number of piperidine rings is 1. The minimum Gasteiger partial charge on any atom is -0.457 e. The zero-order valence-corrected chi connectivity index (χ0v) is 26.8. The van der Waals surface area contributed by atoms with E-state index in [1.807, 2.05) is 41.3 Å². The number of hydrogen-bond donors (Lipinski definition) is 2. The highest BCUT2D eigenvalue weighted by Gasteiger charge is 2.53. The summed E-state index contributed by atoms with van der Waals surface area (Å²) < 4.78 is 5.95. The standard InChI is InChI=1S/C33H39N5O4.2ClH/c1-3-4-18-38-31(40)29(21-25-6-5-17-35-22-25)36-32(41)33(38)15-19-37(20-16-33)23-24-7-11-27(12-8-24)42-28-13-9-26(10-14-28)30(39)34-2;;/h5-14,17,22,29H,3-4,15-16,18-21,23H2,1-2H3,(H,34,39)(H,36,41);2*1H/t29-;;/m0../s1. The van der Waals surface area contributed by atoms with E-state index in [-0.39, 0.29) is 42.5 Å². The van der Waals surface area contributed by atoms with E-state index >= 15 is 0 Å². The van der Waals surface area contributed by atoms with Crippen molar-refractivity contribution in [3.05, 3.63) is 89.7 Å². The predicted octanol–water partition coefficient (Wildman–Crippen LogP) is 4.78. The van der Waals surface area contributed by atoms with E-state index in [1.54, 1.807) is 43.7 Å². The van der Waals surface area contributed by atoms with Gasteiger partial charge in [-0.25, -0.2) is 0 Å². The number of piperazine rings is 1. The van der Waals surface area contributed by atoms with Crippen LogP contribution in [0.4, 0.5) is 0 Å². The van der Waals surface area contributed by atoms with Crippen LogP contribution in [0.15, 0.2) is 73.1 Å². The first kappa shape index (κ1) is 34.8. The van der Waals surface area contributed by atoms with Crippen molar-refractivity contribution in [3.8, 4) is 11.5 Å². The SMILES string of the molecule is CCCCN1C(=O)[C@H](Cc2cccnc2)NC(=O)C12CCN(Cc1ccc(Oc3ccc(C(=O)NC)cc3)cc1)CC2.Cl.Cl. The molecule has 0 aliphatic carbocycles. The van der Waals surface area contributed by atoms with Crippen LogP contribution in [0, 0.1) is 0 Å². The molecule has 2 aliphatic heterocycles. The molecule has 1 spiro atoms. The zero-order chi connectivity index (χ0) is 29.5. The van der Waals surface area contributed by atoms with Crippen molar-refractivity contribution in [3.63, 3.8) is 0 Å². The van der Waals surface area contributed by atoms with Crippen molar-refractivity contribution in [1.29, 1.82) is 0 Å². The predicted molar refractivity (Wildman–Crippen MR) is 175 cm³/mol. The minimum absolute atomic E-state index is 0. The van der Waals surface area contributed by atoms with Crippen molar-refractivity contribution in [1.82, 2.24) is 25.4 Å².